The molecule has 1 saturated carbocycles. The molecule has 0 aliphatic heterocycles. The summed E-state index contributed by atoms with van der Waals surface area (Å²) >= 11 is 0. The lowest BCUT2D eigenvalue weighted by Gasteiger charge is -2.19. The Morgan fingerprint density at radius 1 is 1.13 bits per heavy atom. The molecule has 0 spiro atoms. The smallest absolute Gasteiger partial charge is 0.338 e. The summed E-state index contributed by atoms with van der Waals surface area (Å²) in [6.45, 7) is -0.117. The summed E-state index contributed by atoms with van der Waals surface area (Å²) in [5.41, 5.74) is -1.42. The van der Waals surface area contributed by atoms with Crippen molar-refractivity contribution in [2.45, 2.75) is 25.7 Å². The second-order valence-electron chi connectivity index (χ2n) is 5.26. The number of Topliss-reactive ketones (excluding diaryl/α,β-unsaturated/α-hetero) is 1. The van der Waals surface area contributed by atoms with Gasteiger partial charge in [0, 0.05) is 18.6 Å². The largest absolute Gasteiger partial charge is 0.461 e. The number of hydrogen-bond acceptors (Lipinski definition) is 7. The molecule has 1 fully saturated rings. The molecule has 122 valence electrons. The monoisotopic (exact) mass is 322 g/mol. The summed E-state index contributed by atoms with van der Waals surface area (Å²) < 4.78 is 5.00. The maximum Gasteiger partial charge on any atom is 0.338 e. The van der Waals surface area contributed by atoms with Gasteiger partial charge in [-0.15, -0.1) is 0 Å². The summed E-state index contributed by atoms with van der Waals surface area (Å²) in [4.78, 5) is 43.5. The lowest BCUT2D eigenvalue weighted by Crippen LogP contribution is -2.25. The van der Waals surface area contributed by atoms with Crippen molar-refractivity contribution in [2.75, 3.05) is 6.61 Å². The molecule has 0 bridgehead atoms. The van der Waals surface area contributed by atoms with Gasteiger partial charge in [-0.3, -0.25) is 25.0 Å². The summed E-state index contributed by atoms with van der Waals surface area (Å²) in [5.74, 6) is -1.27. The molecule has 0 heterocycles. The van der Waals surface area contributed by atoms with Crippen molar-refractivity contribution in [3.05, 3.63) is 44.0 Å². The highest BCUT2D eigenvalue weighted by Gasteiger charge is 2.25. The van der Waals surface area contributed by atoms with Crippen molar-refractivity contribution in [3.63, 3.8) is 0 Å². The van der Waals surface area contributed by atoms with E-state index in [0.717, 1.165) is 31.0 Å². The lowest BCUT2D eigenvalue weighted by atomic mass is 9.89. The molecule has 1 aromatic carbocycles. The molecule has 0 radical (unpaired) electrons. The summed E-state index contributed by atoms with van der Waals surface area (Å²) in [6.07, 6.45) is 2.77. The zero-order valence-electron chi connectivity index (χ0n) is 12.1. The second-order valence-corrected chi connectivity index (χ2v) is 5.26. The minimum atomic E-state index is -0.921. The van der Waals surface area contributed by atoms with Crippen LogP contribution < -0.4 is 0 Å². The van der Waals surface area contributed by atoms with Gasteiger partial charge in [0.05, 0.1) is 27.4 Å². The van der Waals surface area contributed by atoms with Crippen LogP contribution in [0.25, 0.3) is 0 Å². The maximum atomic E-state index is 12.0. The molecule has 23 heavy (non-hydrogen) atoms. The Morgan fingerprint density at radius 3 is 2.26 bits per heavy atom. The van der Waals surface area contributed by atoms with Crippen molar-refractivity contribution in [1.29, 1.82) is 0 Å². The first-order chi connectivity index (χ1) is 10.9. The predicted octanol–water partition coefficient (Wildman–Crippen LogP) is 2.42. The van der Waals surface area contributed by atoms with Gasteiger partial charge in [-0.25, -0.2) is 4.79 Å². The molecule has 2 rings (SSSR count). The van der Waals surface area contributed by atoms with Crippen LogP contribution in [0, 0.1) is 26.1 Å². The summed E-state index contributed by atoms with van der Waals surface area (Å²) in [7, 11) is 0. The van der Waals surface area contributed by atoms with E-state index in [1.165, 1.54) is 0 Å². The van der Waals surface area contributed by atoms with E-state index in [4.69, 9.17) is 4.74 Å². The van der Waals surface area contributed by atoms with E-state index in [-0.39, 0.29) is 23.9 Å². The van der Waals surface area contributed by atoms with Gasteiger partial charge >= 0.3 is 5.97 Å². The van der Waals surface area contributed by atoms with Crippen LogP contribution in [0.3, 0.4) is 0 Å². The first-order valence-corrected chi connectivity index (χ1v) is 7.02. The minimum absolute atomic E-state index is 0.0223. The molecule has 1 aliphatic carbocycles. The molecule has 0 N–H and O–H groups in total. The molecule has 1 unspecified atom stereocenters. The van der Waals surface area contributed by atoms with Gasteiger partial charge in [-0.05, 0) is 12.8 Å². The first-order valence-electron chi connectivity index (χ1n) is 7.02. The predicted molar refractivity (Wildman–Crippen MR) is 77.0 cm³/mol. The fraction of sp³-hybridized carbons (Fsp3) is 0.429. The number of hydrogen-bond donors (Lipinski definition) is 0. The van der Waals surface area contributed by atoms with Crippen molar-refractivity contribution >= 4 is 23.1 Å². The highest BCUT2D eigenvalue weighted by molar-refractivity contribution is 5.91. The fourth-order valence-electron chi connectivity index (χ4n) is 2.41. The van der Waals surface area contributed by atoms with E-state index >= 15 is 0 Å². The third-order valence-electron chi connectivity index (χ3n) is 3.66. The number of carbonyl (C=O) groups excluding carboxylic acids is 2. The number of nitro benzene ring substituents is 2. The fourth-order valence-corrected chi connectivity index (χ4v) is 2.41. The van der Waals surface area contributed by atoms with Crippen LogP contribution in [0.5, 0.6) is 0 Å². The van der Waals surface area contributed by atoms with Gasteiger partial charge in [0.15, 0.2) is 0 Å². The number of nitrogens with zero attached hydrogens (tertiary/aromatic N) is 2. The number of nitro groups is 2. The molecule has 0 aromatic heterocycles. The van der Waals surface area contributed by atoms with E-state index in [1.54, 1.807) is 0 Å². The third-order valence-corrected chi connectivity index (χ3v) is 3.66. The Balaban J connectivity index is 2.13. The lowest BCUT2D eigenvalue weighted by molar-refractivity contribution is -0.394. The normalized spacial score (nSPS) is 17.6. The molecule has 9 nitrogen and oxygen atoms in total. The van der Waals surface area contributed by atoms with Crippen LogP contribution in [0.2, 0.25) is 0 Å². The van der Waals surface area contributed by atoms with Gasteiger partial charge in [-0.1, -0.05) is 6.42 Å². The van der Waals surface area contributed by atoms with Crippen LogP contribution >= 0.6 is 0 Å². The van der Waals surface area contributed by atoms with Crippen molar-refractivity contribution in [2.24, 2.45) is 5.92 Å². The van der Waals surface area contributed by atoms with E-state index in [9.17, 15) is 29.8 Å². The SMILES string of the molecule is O=C(OCC1CCCCC1=O)c1cc([N+](=O)[O-])cc([N+](=O)[O-])c1. The summed E-state index contributed by atoms with van der Waals surface area (Å²) in [5, 5.41) is 21.6. The molecule has 1 aliphatic rings. The topological polar surface area (TPSA) is 130 Å². The van der Waals surface area contributed by atoms with Crippen molar-refractivity contribution in [1.82, 2.24) is 0 Å². The van der Waals surface area contributed by atoms with E-state index in [1.807, 2.05) is 0 Å². The van der Waals surface area contributed by atoms with E-state index in [0.29, 0.717) is 12.8 Å². The Morgan fingerprint density at radius 2 is 1.74 bits per heavy atom. The third kappa shape index (κ3) is 4.09. The molecule has 9 heteroatoms. The van der Waals surface area contributed by atoms with Crippen LogP contribution in [-0.2, 0) is 9.53 Å². The van der Waals surface area contributed by atoms with Crippen molar-refractivity contribution in [3.8, 4) is 0 Å². The number of carbonyl (C=O) groups is 2. The van der Waals surface area contributed by atoms with Gasteiger partial charge in [0.25, 0.3) is 11.4 Å². The highest BCUT2D eigenvalue weighted by Crippen LogP contribution is 2.24. The van der Waals surface area contributed by atoms with Crippen LogP contribution in [-0.4, -0.2) is 28.2 Å². The van der Waals surface area contributed by atoms with E-state index in [2.05, 4.69) is 0 Å². The number of rotatable bonds is 5. The molecular formula is C14H14N2O7. The number of esters is 1. The number of ether oxygens (including phenoxy) is 1. The minimum Gasteiger partial charge on any atom is -0.461 e. The average Bonchev–Trinajstić information content (AvgIpc) is 2.53. The van der Waals surface area contributed by atoms with Gasteiger partial charge in [0.2, 0.25) is 0 Å². The van der Waals surface area contributed by atoms with Crippen LogP contribution in [0.4, 0.5) is 11.4 Å². The number of ketones is 1. The van der Waals surface area contributed by atoms with Crippen LogP contribution in [0.15, 0.2) is 18.2 Å². The Kier molecular flexibility index (Phi) is 4.99. The maximum absolute atomic E-state index is 12.0. The zero-order valence-corrected chi connectivity index (χ0v) is 12.1. The quantitative estimate of drug-likeness (QED) is 0.462. The second kappa shape index (κ2) is 6.95. The average molecular weight is 322 g/mol. The van der Waals surface area contributed by atoms with E-state index < -0.39 is 27.2 Å². The van der Waals surface area contributed by atoms with Crippen LogP contribution in [0.1, 0.15) is 36.0 Å². The van der Waals surface area contributed by atoms with Gasteiger partial charge < -0.3 is 4.74 Å². The standard InChI is InChI=1S/C14H14N2O7/c17-13-4-2-1-3-9(13)8-23-14(18)10-5-11(15(19)20)7-12(6-10)16(21)22/h5-7,9H,1-4,8H2. The zero-order chi connectivity index (χ0) is 17.0. The molecule has 0 amide bonds. The molecular weight excluding hydrogens is 308 g/mol. The molecule has 0 saturated heterocycles. The number of non-ortho nitro benzene ring substituents is 2. The molecule has 1 aromatic rings. The van der Waals surface area contributed by atoms with Gasteiger partial charge in [0.1, 0.15) is 12.4 Å². The Labute approximate surface area is 130 Å². The Hall–Kier alpha value is -2.84. The molecule has 1 atom stereocenters. The highest BCUT2D eigenvalue weighted by atomic mass is 16.6. The van der Waals surface area contributed by atoms with Gasteiger partial charge in [-0.2, -0.15) is 0 Å². The first kappa shape index (κ1) is 16.5. The Bertz CT molecular complexity index is 639. The van der Waals surface area contributed by atoms with Crippen molar-refractivity contribution < 1.29 is 24.2 Å². The number of benzene rings is 1. The summed E-state index contributed by atoms with van der Waals surface area (Å²) in [6, 6.07) is 2.59.